The van der Waals surface area contributed by atoms with E-state index in [1.54, 1.807) is 0 Å². The smallest absolute Gasteiger partial charge is 0.0454 e. The maximum absolute atomic E-state index is 4.18. The molecule has 1 atom stereocenters. The van der Waals surface area contributed by atoms with E-state index >= 15 is 0 Å². The monoisotopic (exact) mass is 123 g/mol. The Bertz CT molecular complexity index is 145. The molecule has 1 nitrogen and oxygen atoms in total. The third kappa shape index (κ3) is 1.41. The third-order valence-corrected chi connectivity index (χ3v) is 1.91. The summed E-state index contributed by atoms with van der Waals surface area (Å²) in [7, 11) is 0. The molecule has 0 N–H and O–H groups in total. The molecule has 0 saturated heterocycles. The Morgan fingerprint density at radius 1 is 1.78 bits per heavy atom. The summed E-state index contributed by atoms with van der Waals surface area (Å²) in [5.74, 6) is 0.718. The first-order valence-corrected chi connectivity index (χ1v) is 3.51. The molecular formula is C8H13N. The first kappa shape index (κ1) is 6.53. The van der Waals surface area contributed by atoms with Gasteiger partial charge in [-0.3, -0.25) is 4.99 Å². The zero-order valence-corrected chi connectivity index (χ0v) is 6.09. The minimum Gasteiger partial charge on any atom is -0.293 e. The average molecular weight is 123 g/mol. The van der Waals surface area contributed by atoms with Gasteiger partial charge in [0.15, 0.2) is 0 Å². The molecule has 1 aliphatic heterocycles. The summed E-state index contributed by atoms with van der Waals surface area (Å²) in [6, 6.07) is 0. The minimum absolute atomic E-state index is 0.718. The van der Waals surface area contributed by atoms with Gasteiger partial charge in [-0.15, -0.1) is 0 Å². The van der Waals surface area contributed by atoms with Gasteiger partial charge in [0, 0.05) is 12.8 Å². The van der Waals surface area contributed by atoms with Crippen molar-refractivity contribution in [1.29, 1.82) is 0 Å². The molecule has 9 heavy (non-hydrogen) atoms. The maximum atomic E-state index is 4.18. The Balaban J connectivity index is 2.59. The van der Waals surface area contributed by atoms with Crippen LogP contribution in [0, 0.1) is 5.92 Å². The van der Waals surface area contributed by atoms with Crippen LogP contribution in [0.1, 0.15) is 20.3 Å². The highest BCUT2D eigenvalue weighted by Gasteiger charge is 2.08. The summed E-state index contributed by atoms with van der Waals surface area (Å²) in [6.45, 7) is 5.39. The van der Waals surface area contributed by atoms with E-state index in [9.17, 15) is 0 Å². The van der Waals surface area contributed by atoms with Gasteiger partial charge in [-0.05, 0) is 25.3 Å². The number of dihydropyridines is 1. The molecule has 0 bridgehead atoms. The molecule has 0 spiro atoms. The topological polar surface area (TPSA) is 12.4 Å². The molecule has 1 rings (SSSR count). The second-order valence-electron chi connectivity index (χ2n) is 2.53. The summed E-state index contributed by atoms with van der Waals surface area (Å²) in [6.07, 6.45) is 5.23. The van der Waals surface area contributed by atoms with Gasteiger partial charge < -0.3 is 0 Å². The average Bonchev–Trinajstić information content (AvgIpc) is 1.89. The molecule has 0 aromatic heterocycles. The summed E-state index contributed by atoms with van der Waals surface area (Å²) in [5, 5.41) is 0. The standard InChI is InChI=1S/C8H13N/c1-3-8-6-9-5-4-7(8)2/h4-5,8H,3,6H2,1-2H3. The van der Waals surface area contributed by atoms with Crippen LogP contribution in [0.25, 0.3) is 0 Å². The van der Waals surface area contributed by atoms with E-state index in [4.69, 9.17) is 0 Å². The lowest BCUT2D eigenvalue weighted by Crippen LogP contribution is -2.08. The lowest BCUT2D eigenvalue weighted by atomic mass is 9.96. The first-order chi connectivity index (χ1) is 4.34. The molecule has 0 aromatic carbocycles. The van der Waals surface area contributed by atoms with Gasteiger partial charge in [-0.1, -0.05) is 12.5 Å². The molecule has 0 aliphatic carbocycles. The quantitative estimate of drug-likeness (QED) is 0.506. The molecule has 0 fully saturated rings. The highest BCUT2D eigenvalue weighted by Crippen LogP contribution is 2.16. The van der Waals surface area contributed by atoms with E-state index in [1.807, 2.05) is 6.21 Å². The number of nitrogens with zero attached hydrogens (tertiary/aromatic N) is 1. The van der Waals surface area contributed by atoms with E-state index in [0.717, 1.165) is 12.5 Å². The van der Waals surface area contributed by atoms with Gasteiger partial charge in [0.2, 0.25) is 0 Å². The van der Waals surface area contributed by atoms with Crippen molar-refractivity contribution >= 4 is 6.21 Å². The molecule has 1 aliphatic rings. The molecule has 0 saturated carbocycles. The number of hydrogen-bond donors (Lipinski definition) is 0. The SMILES string of the molecule is CCC1CN=CC=C1C. The third-order valence-electron chi connectivity index (χ3n) is 1.91. The van der Waals surface area contributed by atoms with Gasteiger partial charge in [0.25, 0.3) is 0 Å². The van der Waals surface area contributed by atoms with Crippen molar-refractivity contribution in [2.75, 3.05) is 6.54 Å². The van der Waals surface area contributed by atoms with Gasteiger partial charge in [0.1, 0.15) is 0 Å². The fourth-order valence-corrected chi connectivity index (χ4v) is 1.09. The lowest BCUT2D eigenvalue weighted by molar-refractivity contribution is 0.601. The molecule has 0 aromatic rings. The van der Waals surface area contributed by atoms with Gasteiger partial charge in [-0.2, -0.15) is 0 Å². The predicted octanol–water partition coefficient (Wildman–Crippen LogP) is 2.04. The summed E-state index contributed by atoms with van der Waals surface area (Å²) in [5.41, 5.74) is 1.48. The van der Waals surface area contributed by atoms with E-state index in [1.165, 1.54) is 12.0 Å². The van der Waals surface area contributed by atoms with Crippen LogP contribution in [0.2, 0.25) is 0 Å². The molecule has 0 amide bonds. The molecule has 1 heterocycles. The molecule has 50 valence electrons. The minimum atomic E-state index is 0.718. The van der Waals surface area contributed by atoms with E-state index in [2.05, 4.69) is 24.9 Å². The van der Waals surface area contributed by atoms with Crippen LogP contribution in [0.5, 0.6) is 0 Å². The largest absolute Gasteiger partial charge is 0.293 e. The van der Waals surface area contributed by atoms with Gasteiger partial charge >= 0.3 is 0 Å². The van der Waals surface area contributed by atoms with E-state index in [-0.39, 0.29) is 0 Å². The van der Waals surface area contributed by atoms with Crippen molar-refractivity contribution in [2.45, 2.75) is 20.3 Å². The van der Waals surface area contributed by atoms with Crippen LogP contribution in [0.3, 0.4) is 0 Å². The fourth-order valence-electron chi connectivity index (χ4n) is 1.09. The molecule has 1 heteroatoms. The fraction of sp³-hybridized carbons (Fsp3) is 0.625. The van der Waals surface area contributed by atoms with Crippen molar-refractivity contribution in [3.05, 3.63) is 11.6 Å². The number of aliphatic imine (C=N–C) groups is 1. The maximum Gasteiger partial charge on any atom is 0.0454 e. The van der Waals surface area contributed by atoms with Crippen LogP contribution >= 0.6 is 0 Å². The molecule has 1 unspecified atom stereocenters. The summed E-state index contributed by atoms with van der Waals surface area (Å²) >= 11 is 0. The van der Waals surface area contributed by atoms with Crippen molar-refractivity contribution < 1.29 is 0 Å². The number of rotatable bonds is 1. The zero-order chi connectivity index (χ0) is 6.69. The lowest BCUT2D eigenvalue weighted by Gasteiger charge is -2.14. The Morgan fingerprint density at radius 2 is 2.56 bits per heavy atom. The van der Waals surface area contributed by atoms with Crippen LogP contribution < -0.4 is 0 Å². The Hall–Kier alpha value is -0.590. The predicted molar refractivity (Wildman–Crippen MR) is 40.9 cm³/mol. The first-order valence-electron chi connectivity index (χ1n) is 3.51. The molecular weight excluding hydrogens is 110 g/mol. The highest BCUT2D eigenvalue weighted by atomic mass is 14.7. The van der Waals surface area contributed by atoms with Crippen molar-refractivity contribution in [2.24, 2.45) is 10.9 Å². The highest BCUT2D eigenvalue weighted by molar-refractivity contribution is 5.73. The van der Waals surface area contributed by atoms with E-state index in [0.29, 0.717) is 0 Å². The van der Waals surface area contributed by atoms with Crippen molar-refractivity contribution in [3.63, 3.8) is 0 Å². The second kappa shape index (κ2) is 2.81. The summed E-state index contributed by atoms with van der Waals surface area (Å²) < 4.78 is 0. The van der Waals surface area contributed by atoms with E-state index < -0.39 is 0 Å². The van der Waals surface area contributed by atoms with Gasteiger partial charge in [0.05, 0.1) is 0 Å². The number of allylic oxidation sites excluding steroid dienone is 1. The van der Waals surface area contributed by atoms with Crippen LogP contribution in [0.4, 0.5) is 0 Å². The Labute approximate surface area is 56.5 Å². The molecule has 0 radical (unpaired) electrons. The van der Waals surface area contributed by atoms with Gasteiger partial charge in [-0.25, -0.2) is 0 Å². The normalized spacial score (nSPS) is 26.0. The van der Waals surface area contributed by atoms with Crippen molar-refractivity contribution in [1.82, 2.24) is 0 Å². The second-order valence-corrected chi connectivity index (χ2v) is 2.53. The number of hydrogen-bond acceptors (Lipinski definition) is 1. The van der Waals surface area contributed by atoms with Crippen LogP contribution in [-0.2, 0) is 0 Å². The van der Waals surface area contributed by atoms with Crippen LogP contribution in [0.15, 0.2) is 16.6 Å². The van der Waals surface area contributed by atoms with Crippen molar-refractivity contribution in [3.8, 4) is 0 Å². The Morgan fingerprint density at radius 3 is 3.00 bits per heavy atom. The van der Waals surface area contributed by atoms with Crippen LogP contribution in [-0.4, -0.2) is 12.8 Å². The summed E-state index contributed by atoms with van der Waals surface area (Å²) in [4.78, 5) is 4.18. The zero-order valence-electron chi connectivity index (χ0n) is 6.09. The Kier molecular flexibility index (Phi) is 2.04.